The maximum atomic E-state index is 14.1. The minimum Gasteiger partial charge on any atom is -0.612 e. The highest BCUT2D eigenvalue weighted by molar-refractivity contribution is 7.90. The van der Waals surface area contributed by atoms with E-state index in [2.05, 4.69) is 17.0 Å². The van der Waals surface area contributed by atoms with Gasteiger partial charge in [0.25, 0.3) is 5.91 Å². The standard InChI is InChI=1S/C36H37Cl2N3O3S.C6H8O7/c1-40(36(42)34-30-10-5-4-8-26(30)20-28(22-39)35(34)44-2)23-27(25-12-13-31(37)32(38)21-25)16-19-41-17-14-24(15-18-41)29-9-6-7-11-33(29)45(3)43;7-3(8)1-6(13,5(11)12)2-4(9)10/h4-13,20-21,24,27H,14-19,23H2,1-3H3;13H,1-2H2,(H,7,8)(H,9,10)(H,11,12)/t27-,45?;/m1./s1. The molecule has 5 rings (SSSR count). The number of hydrogen-bond acceptors (Lipinski definition) is 9. The van der Waals surface area contributed by atoms with Crippen molar-refractivity contribution in [3.05, 3.63) is 105 Å². The van der Waals surface area contributed by atoms with Crippen LogP contribution >= 0.6 is 23.2 Å². The topological polar surface area (TPSA) is 212 Å². The third-order valence-electron chi connectivity index (χ3n) is 10.1. The molecule has 0 bridgehead atoms. The first-order chi connectivity index (χ1) is 27.5. The number of hydrogen-bond donors (Lipinski definition) is 4. The van der Waals surface area contributed by atoms with Crippen LogP contribution in [0.1, 0.15) is 71.0 Å². The van der Waals surface area contributed by atoms with Gasteiger partial charge in [0.05, 0.1) is 41.1 Å². The average molecular weight is 855 g/mol. The van der Waals surface area contributed by atoms with Crippen LogP contribution in [0, 0.1) is 11.3 Å². The number of nitrogens with zero attached hydrogens (tertiary/aromatic N) is 3. The predicted molar refractivity (Wildman–Crippen MR) is 220 cm³/mol. The first-order valence-electron chi connectivity index (χ1n) is 18.2. The number of likely N-dealkylation sites (tertiary alicyclic amines) is 1. The van der Waals surface area contributed by atoms with Gasteiger partial charge in [0.2, 0.25) is 0 Å². The SMILES string of the molecule is COc1c(C#N)cc2ccccc2c1C(=O)N(C)C[C@@H](CCN1CCC(c2ccccc2[S+](C)[O-])CC1)c1ccc(Cl)c(Cl)c1.O=C(O)CC(O)(CC(=O)O)C(=O)O. The van der Waals surface area contributed by atoms with E-state index in [-0.39, 0.29) is 17.6 Å². The number of benzene rings is 4. The molecule has 1 fully saturated rings. The van der Waals surface area contributed by atoms with E-state index in [0.29, 0.717) is 33.6 Å². The lowest BCUT2D eigenvalue weighted by molar-refractivity contribution is -0.170. The molecule has 1 amide bonds. The molecule has 16 heteroatoms. The Bertz CT molecular complexity index is 2160. The molecular formula is C42H45Cl2N3O10S. The molecule has 308 valence electrons. The summed E-state index contributed by atoms with van der Waals surface area (Å²) >= 11 is 11.7. The molecule has 4 aromatic carbocycles. The Kier molecular flexibility index (Phi) is 16.4. The minimum atomic E-state index is -2.74. The van der Waals surface area contributed by atoms with Gasteiger partial charge in [-0.05, 0) is 96.6 Å². The molecule has 0 aliphatic carbocycles. The van der Waals surface area contributed by atoms with E-state index in [1.54, 1.807) is 24.3 Å². The summed E-state index contributed by atoms with van der Waals surface area (Å²) < 4.78 is 18.0. The van der Waals surface area contributed by atoms with Crippen LogP contribution in [-0.4, -0.2) is 111 Å². The van der Waals surface area contributed by atoms with Crippen LogP contribution < -0.4 is 4.74 Å². The summed E-state index contributed by atoms with van der Waals surface area (Å²) in [5.74, 6) is -4.56. The summed E-state index contributed by atoms with van der Waals surface area (Å²) in [6.45, 7) is 3.19. The third-order valence-corrected chi connectivity index (χ3v) is 11.9. The van der Waals surface area contributed by atoms with Gasteiger partial charge in [-0.15, -0.1) is 0 Å². The molecule has 1 saturated heterocycles. The summed E-state index contributed by atoms with van der Waals surface area (Å²) in [7, 11) is 3.28. The molecule has 0 radical (unpaired) electrons. The van der Waals surface area contributed by atoms with E-state index in [9.17, 15) is 29.0 Å². The number of methoxy groups -OCH3 is 1. The lowest BCUT2D eigenvalue weighted by Crippen LogP contribution is -2.42. The zero-order valence-electron chi connectivity index (χ0n) is 32.2. The number of fused-ring (bicyclic) bond motifs is 1. The smallest absolute Gasteiger partial charge is 0.336 e. The van der Waals surface area contributed by atoms with Gasteiger partial charge in [0.15, 0.2) is 10.5 Å². The molecule has 1 aliphatic heterocycles. The number of piperidine rings is 1. The van der Waals surface area contributed by atoms with Crippen LogP contribution in [0.4, 0.5) is 0 Å². The fourth-order valence-electron chi connectivity index (χ4n) is 7.17. The van der Waals surface area contributed by atoms with Gasteiger partial charge in [0, 0.05) is 25.1 Å². The normalized spacial score (nSPS) is 14.4. The van der Waals surface area contributed by atoms with Crippen LogP contribution in [0.5, 0.6) is 5.75 Å². The fourth-order valence-corrected chi connectivity index (χ4v) is 8.31. The summed E-state index contributed by atoms with van der Waals surface area (Å²) in [6.07, 6.45) is 2.28. The molecule has 2 atom stereocenters. The highest BCUT2D eigenvalue weighted by Gasteiger charge is 2.41. The number of amides is 1. The number of carbonyl (C=O) groups excluding carboxylic acids is 1. The van der Waals surface area contributed by atoms with Crippen LogP contribution in [-0.2, 0) is 25.6 Å². The Morgan fingerprint density at radius 1 is 0.983 bits per heavy atom. The molecule has 1 unspecified atom stereocenters. The number of aliphatic hydroxyl groups is 1. The molecule has 1 heterocycles. The number of aliphatic carboxylic acids is 3. The maximum Gasteiger partial charge on any atom is 0.336 e. The lowest BCUT2D eigenvalue weighted by Gasteiger charge is -2.34. The molecule has 58 heavy (non-hydrogen) atoms. The van der Waals surface area contributed by atoms with Crippen molar-refractivity contribution in [1.82, 2.24) is 9.80 Å². The Labute approximate surface area is 349 Å². The van der Waals surface area contributed by atoms with Crippen LogP contribution in [0.25, 0.3) is 10.8 Å². The van der Waals surface area contributed by atoms with E-state index in [0.717, 1.165) is 60.1 Å². The Morgan fingerprint density at radius 3 is 2.17 bits per heavy atom. The monoisotopic (exact) mass is 853 g/mol. The largest absolute Gasteiger partial charge is 0.612 e. The summed E-state index contributed by atoms with van der Waals surface area (Å²) in [6, 6.07) is 25.3. The number of ether oxygens (including phenoxy) is 1. The highest BCUT2D eigenvalue weighted by atomic mass is 35.5. The van der Waals surface area contributed by atoms with Crippen LogP contribution in [0.15, 0.2) is 77.7 Å². The molecule has 0 spiro atoms. The number of likely N-dealkylation sites (N-methyl/N-ethyl adjacent to an activating group) is 1. The van der Waals surface area contributed by atoms with Crippen molar-refractivity contribution < 1.29 is 48.9 Å². The minimum absolute atomic E-state index is 0.00825. The van der Waals surface area contributed by atoms with Crippen molar-refractivity contribution in [2.75, 3.05) is 46.6 Å². The van der Waals surface area contributed by atoms with Gasteiger partial charge in [-0.1, -0.05) is 71.7 Å². The van der Waals surface area contributed by atoms with Crippen molar-refractivity contribution >= 4 is 69.0 Å². The second kappa shape index (κ2) is 20.7. The lowest BCUT2D eigenvalue weighted by atomic mass is 9.88. The van der Waals surface area contributed by atoms with E-state index in [1.807, 2.05) is 60.7 Å². The number of nitriles is 1. The van der Waals surface area contributed by atoms with E-state index >= 15 is 0 Å². The van der Waals surface area contributed by atoms with Gasteiger partial charge >= 0.3 is 17.9 Å². The zero-order chi connectivity index (χ0) is 42.7. The van der Waals surface area contributed by atoms with Crippen molar-refractivity contribution in [2.45, 2.75) is 54.4 Å². The van der Waals surface area contributed by atoms with Gasteiger partial charge in [0.1, 0.15) is 18.1 Å². The number of carbonyl (C=O) groups is 4. The predicted octanol–water partition coefficient (Wildman–Crippen LogP) is 6.64. The highest BCUT2D eigenvalue weighted by Crippen LogP contribution is 2.36. The van der Waals surface area contributed by atoms with E-state index < -0.39 is 47.5 Å². The van der Waals surface area contributed by atoms with Gasteiger partial charge < -0.3 is 39.5 Å². The van der Waals surface area contributed by atoms with Gasteiger partial charge in [-0.3, -0.25) is 14.4 Å². The van der Waals surface area contributed by atoms with E-state index in [4.69, 9.17) is 48.4 Å². The van der Waals surface area contributed by atoms with Crippen molar-refractivity contribution in [1.29, 1.82) is 5.26 Å². The summed E-state index contributed by atoms with van der Waals surface area (Å²) in [5.41, 5.74) is 0.191. The molecular weight excluding hydrogens is 809 g/mol. The van der Waals surface area contributed by atoms with Crippen molar-refractivity contribution in [2.24, 2.45) is 0 Å². The number of carboxylic acids is 3. The van der Waals surface area contributed by atoms with Crippen molar-refractivity contribution in [3.63, 3.8) is 0 Å². The Balaban J connectivity index is 0.000000492. The zero-order valence-corrected chi connectivity index (χ0v) is 34.5. The van der Waals surface area contributed by atoms with Gasteiger partial charge in [-0.25, -0.2) is 4.79 Å². The fraction of sp³-hybridized carbons (Fsp3) is 0.357. The molecule has 0 saturated carbocycles. The molecule has 1 aliphatic rings. The molecule has 4 aromatic rings. The maximum absolute atomic E-state index is 14.1. The average Bonchev–Trinajstić information content (AvgIpc) is 3.19. The summed E-state index contributed by atoms with van der Waals surface area (Å²) in [5, 5.41) is 46.1. The Hall–Kier alpha value is -4.88. The van der Waals surface area contributed by atoms with Gasteiger partial charge in [-0.2, -0.15) is 5.26 Å². The van der Waals surface area contributed by atoms with E-state index in [1.165, 1.54) is 12.7 Å². The quantitative estimate of drug-likeness (QED) is 0.0928. The third kappa shape index (κ3) is 11.6. The number of halogens is 2. The van der Waals surface area contributed by atoms with Crippen LogP contribution in [0.2, 0.25) is 10.0 Å². The molecule has 0 aromatic heterocycles. The number of carboxylic acid groups (broad SMARTS) is 3. The second-order valence-corrected chi connectivity index (χ2v) is 16.3. The number of rotatable bonds is 15. The second-order valence-electron chi connectivity index (χ2n) is 14.1. The first kappa shape index (κ1) is 45.8. The Morgan fingerprint density at radius 2 is 1.60 bits per heavy atom. The first-order valence-corrected chi connectivity index (χ1v) is 20.5. The molecule has 13 nitrogen and oxygen atoms in total. The van der Waals surface area contributed by atoms with Crippen LogP contribution in [0.3, 0.4) is 0 Å². The molecule has 4 N–H and O–H groups in total. The summed E-state index contributed by atoms with van der Waals surface area (Å²) in [4.78, 5) is 49.7. The van der Waals surface area contributed by atoms with Crippen molar-refractivity contribution in [3.8, 4) is 11.8 Å².